The van der Waals surface area contributed by atoms with Crippen molar-refractivity contribution in [1.82, 2.24) is 0 Å². The van der Waals surface area contributed by atoms with Crippen LogP contribution in [0.15, 0.2) is 54.6 Å². The van der Waals surface area contributed by atoms with Crippen LogP contribution in [0.2, 0.25) is 15.1 Å². The summed E-state index contributed by atoms with van der Waals surface area (Å²) in [5, 5.41) is 7.31. The SMILES string of the molecule is Cc1ccc(NCc2cc(Cl)c(OCC(=O)Nc3ccc(C)c(Cl)c3)c(Cl)c2)cc1. The van der Waals surface area contributed by atoms with Gasteiger partial charge in [0.1, 0.15) is 0 Å². The molecule has 0 aliphatic carbocycles. The van der Waals surface area contributed by atoms with Gasteiger partial charge in [0.2, 0.25) is 0 Å². The van der Waals surface area contributed by atoms with Crippen LogP contribution in [0, 0.1) is 13.8 Å². The van der Waals surface area contributed by atoms with E-state index in [1.165, 1.54) is 5.56 Å². The maximum Gasteiger partial charge on any atom is 0.262 e. The van der Waals surface area contributed by atoms with Crippen molar-refractivity contribution in [2.45, 2.75) is 20.4 Å². The Kier molecular flexibility index (Phi) is 7.48. The van der Waals surface area contributed by atoms with E-state index < -0.39 is 0 Å². The molecule has 0 heterocycles. The molecule has 3 aromatic rings. The van der Waals surface area contributed by atoms with Crippen molar-refractivity contribution in [1.29, 1.82) is 0 Å². The number of benzene rings is 3. The average molecular weight is 464 g/mol. The van der Waals surface area contributed by atoms with Crippen LogP contribution in [0.1, 0.15) is 16.7 Å². The van der Waals surface area contributed by atoms with Gasteiger partial charge in [-0.05, 0) is 61.4 Å². The van der Waals surface area contributed by atoms with Crippen molar-refractivity contribution in [2.75, 3.05) is 17.2 Å². The second-order valence-corrected chi connectivity index (χ2v) is 8.13. The molecule has 3 rings (SSSR count). The molecular formula is C23H21Cl3N2O2. The standard InChI is InChI=1S/C23H21Cl3N2O2/c1-14-3-6-17(7-4-14)27-12-16-9-20(25)23(21(26)10-16)30-13-22(29)28-18-8-5-15(2)19(24)11-18/h3-11,27H,12-13H2,1-2H3,(H,28,29). The van der Waals surface area contributed by atoms with Crippen LogP contribution in [0.5, 0.6) is 5.75 Å². The normalized spacial score (nSPS) is 10.6. The molecule has 0 fully saturated rings. The molecule has 0 bridgehead atoms. The van der Waals surface area contributed by atoms with Crippen molar-refractivity contribution in [3.8, 4) is 5.75 Å². The van der Waals surface area contributed by atoms with Gasteiger partial charge in [-0.2, -0.15) is 0 Å². The van der Waals surface area contributed by atoms with Crippen molar-refractivity contribution in [2.24, 2.45) is 0 Å². The fraction of sp³-hybridized carbons (Fsp3) is 0.174. The van der Waals surface area contributed by atoms with Crippen LogP contribution in [0.25, 0.3) is 0 Å². The van der Waals surface area contributed by atoms with E-state index in [0.717, 1.165) is 16.8 Å². The van der Waals surface area contributed by atoms with E-state index in [2.05, 4.69) is 10.6 Å². The molecule has 1 amide bonds. The number of hydrogen-bond acceptors (Lipinski definition) is 3. The average Bonchev–Trinajstić information content (AvgIpc) is 2.70. The summed E-state index contributed by atoms with van der Waals surface area (Å²) < 4.78 is 5.56. The second kappa shape index (κ2) is 10.1. The molecule has 0 unspecified atom stereocenters. The molecule has 30 heavy (non-hydrogen) atoms. The predicted molar refractivity (Wildman–Crippen MR) is 125 cm³/mol. The summed E-state index contributed by atoms with van der Waals surface area (Å²) in [6.07, 6.45) is 0. The number of halogens is 3. The van der Waals surface area contributed by atoms with E-state index in [1.54, 1.807) is 24.3 Å². The lowest BCUT2D eigenvalue weighted by molar-refractivity contribution is -0.118. The number of anilines is 2. The highest BCUT2D eigenvalue weighted by Gasteiger charge is 2.12. The Morgan fingerprint density at radius 3 is 2.13 bits per heavy atom. The molecule has 0 radical (unpaired) electrons. The number of amides is 1. The lowest BCUT2D eigenvalue weighted by Crippen LogP contribution is -2.20. The molecule has 0 saturated carbocycles. The molecule has 7 heteroatoms. The molecule has 0 aliphatic rings. The second-order valence-electron chi connectivity index (χ2n) is 6.91. The smallest absolute Gasteiger partial charge is 0.262 e. The molecule has 0 aliphatic heterocycles. The summed E-state index contributed by atoms with van der Waals surface area (Å²) in [4.78, 5) is 12.2. The zero-order chi connectivity index (χ0) is 21.7. The Morgan fingerprint density at radius 1 is 0.867 bits per heavy atom. The minimum atomic E-state index is -0.341. The first kappa shape index (κ1) is 22.3. The summed E-state index contributed by atoms with van der Waals surface area (Å²) >= 11 is 18.7. The number of carbonyl (C=O) groups is 1. The number of carbonyl (C=O) groups excluding carboxylic acids is 1. The van der Waals surface area contributed by atoms with E-state index in [0.29, 0.717) is 27.3 Å². The molecule has 0 saturated heterocycles. The van der Waals surface area contributed by atoms with Crippen LogP contribution in [-0.2, 0) is 11.3 Å². The van der Waals surface area contributed by atoms with Gasteiger partial charge in [0.25, 0.3) is 5.91 Å². The van der Waals surface area contributed by atoms with Gasteiger partial charge in [-0.25, -0.2) is 0 Å². The Bertz CT molecular complexity index is 1030. The van der Waals surface area contributed by atoms with Crippen LogP contribution in [0.4, 0.5) is 11.4 Å². The van der Waals surface area contributed by atoms with Gasteiger partial charge in [-0.15, -0.1) is 0 Å². The topological polar surface area (TPSA) is 50.4 Å². The molecular weight excluding hydrogens is 443 g/mol. The number of hydrogen-bond donors (Lipinski definition) is 2. The van der Waals surface area contributed by atoms with E-state index in [-0.39, 0.29) is 18.3 Å². The van der Waals surface area contributed by atoms with Crippen molar-refractivity contribution in [3.63, 3.8) is 0 Å². The van der Waals surface area contributed by atoms with Crippen LogP contribution >= 0.6 is 34.8 Å². The zero-order valence-corrected chi connectivity index (χ0v) is 18.8. The van der Waals surface area contributed by atoms with E-state index >= 15 is 0 Å². The van der Waals surface area contributed by atoms with Crippen LogP contribution < -0.4 is 15.4 Å². The molecule has 4 nitrogen and oxygen atoms in total. The first-order valence-corrected chi connectivity index (χ1v) is 10.4. The van der Waals surface area contributed by atoms with Gasteiger partial charge in [0.15, 0.2) is 12.4 Å². The fourth-order valence-electron chi connectivity index (χ4n) is 2.73. The van der Waals surface area contributed by atoms with Crippen molar-refractivity contribution >= 4 is 52.1 Å². The van der Waals surface area contributed by atoms with Crippen molar-refractivity contribution in [3.05, 3.63) is 86.4 Å². The highest BCUT2D eigenvalue weighted by molar-refractivity contribution is 6.37. The number of rotatable bonds is 7. The Hall–Kier alpha value is -2.40. The molecule has 0 spiro atoms. The number of aryl methyl sites for hydroxylation is 2. The Balaban J connectivity index is 1.58. The first-order chi connectivity index (χ1) is 14.3. The first-order valence-electron chi connectivity index (χ1n) is 9.29. The molecule has 0 aromatic heterocycles. The summed E-state index contributed by atoms with van der Waals surface area (Å²) in [5.74, 6) is -0.0679. The van der Waals surface area contributed by atoms with Gasteiger partial charge in [0, 0.05) is 22.9 Å². The number of ether oxygens (including phenoxy) is 1. The van der Waals surface area contributed by atoms with Gasteiger partial charge in [0.05, 0.1) is 10.0 Å². The largest absolute Gasteiger partial charge is 0.481 e. The lowest BCUT2D eigenvalue weighted by Gasteiger charge is -2.13. The Morgan fingerprint density at radius 2 is 1.50 bits per heavy atom. The highest BCUT2D eigenvalue weighted by atomic mass is 35.5. The lowest BCUT2D eigenvalue weighted by atomic mass is 10.2. The highest BCUT2D eigenvalue weighted by Crippen LogP contribution is 2.34. The molecule has 0 atom stereocenters. The van der Waals surface area contributed by atoms with Gasteiger partial charge >= 0.3 is 0 Å². The fourth-order valence-corrected chi connectivity index (χ4v) is 3.56. The molecule has 156 valence electrons. The predicted octanol–water partition coefficient (Wildman–Crippen LogP) is 6.89. The maximum absolute atomic E-state index is 12.2. The molecule has 2 N–H and O–H groups in total. The van der Waals surface area contributed by atoms with E-state index in [4.69, 9.17) is 39.5 Å². The quantitative estimate of drug-likeness (QED) is 0.401. The minimum absolute atomic E-state index is 0.230. The summed E-state index contributed by atoms with van der Waals surface area (Å²) in [6.45, 7) is 4.25. The van der Waals surface area contributed by atoms with E-state index in [1.807, 2.05) is 44.2 Å². The van der Waals surface area contributed by atoms with Crippen LogP contribution in [-0.4, -0.2) is 12.5 Å². The summed E-state index contributed by atoms with van der Waals surface area (Å²) in [5.41, 5.74) is 4.62. The molecule has 3 aromatic carbocycles. The summed E-state index contributed by atoms with van der Waals surface area (Å²) in [6, 6.07) is 16.9. The zero-order valence-electron chi connectivity index (χ0n) is 16.6. The van der Waals surface area contributed by atoms with E-state index in [9.17, 15) is 4.79 Å². The Labute approximate surface area is 191 Å². The number of nitrogens with one attached hydrogen (secondary N) is 2. The monoisotopic (exact) mass is 462 g/mol. The minimum Gasteiger partial charge on any atom is -0.481 e. The van der Waals surface area contributed by atoms with Gasteiger partial charge < -0.3 is 15.4 Å². The third-order valence-electron chi connectivity index (χ3n) is 4.41. The van der Waals surface area contributed by atoms with Crippen molar-refractivity contribution < 1.29 is 9.53 Å². The summed E-state index contributed by atoms with van der Waals surface area (Å²) in [7, 11) is 0. The third-order valence-corrected chi connectivity index (χ3v) is 5.38. The third kappa shape index (κ3) is 6.05. The van der Waals surface area contributed by atoms with Gasteiger partial charge in [-0.3, -0.25) is 4.79 Å². The van der Waals surface area contributed by atoms with Gasteiger partial charge in [-0.1, -0.05) is 58.6 Å². The maximum atomic E-state index is 12.2. The van der Waals surface area contributed by atoms with Crippen LogP contribution in [0.3, 0.4) is 0 Å².